The first-order valence-electron chi connectivity index (χ1n) is 8.57. The van der Waals surface area contributed by atoms with Gasteiger partial charge in [-0.05, 0) is 30.1 Å². The predicted octanol–water partition coefficient (Wildman–Crippen LogP) is 5.28. The number of rotatable bonds is 6. The molecule has 0 amide bonds. The summed E-state index contributed by atoms with van der Waals surface area (Å²) in [6, 6.07) is 0. The van der Waals surface area contributed by atoms with Crippen molar-refractivity contribution in [2.75, 3.05) is 6.61 Å². The molecule has 19 heavy (non-hydrogen) atoms. The summed E-state index contributed by atoms with van der Waals surface area (Å²) in [5.41, 5.74) is 0. The summed E-state index contributed by atoms with van der Waals surface area (Å²) in [5, 5.41) is 8.89. The highest BCUT2D eigenvalue weighted by molar-refractivity contribution is 4.79. The maximum absolute atomic E-state index is 8.89. The van der Waals surface area contributed by atoms with E-state index in [4.69, 9.17) is 5.26 Å². The fraction of sp³-hybridized carbons (Fsp3) is 1.00. The maximum atomic E-state index is 8.89. The van der Waals surface area contributed by atoms with Gasteiger partial charge in [0.2, 0.25) is 0 Å². The fourth-order valence-electron chi connectivity index (χ4n) is 4.47. The molecule has 0 aromatic heterocycles. The van der Waals surface area contributed by atoms with E-state index in [-0.39, 0.29) is 0 Å². The average Bonchev–Trinajstić information content (AvgIpc) is 2.48. The normalized spacial score (nSPS) is 26.2. The molecular weight excluding hydrogens is 236 g/mol. The van der Waals surface area contributed by atoms with E-state index < -0.39 is 0 Å². The SMILES string of the molecule is CC(CC(COO)C1CCCCC1)C1CCCCC1. The van der Waals surface area contributed by atoms with E-state index in [0.29, 0.717) is 12.5 Å². The van der Waals surface area contributed by atoms with E-state index in [9.17, 15) is 0 Å². The summed E-state index contributed by atoms with van der Waals surface area (Å²) >= 11 is 0. The predicted molar refractivity (Wildman–Crippen MR) is 79.0 cm³/mol. The molecule has 0 bridgehead atoms. The molecule has 2 fully saturated rings. The highest BCUT2D eigenvalue weighted by Crippen LogP contribution is 2.38. The largest absolute Gasteiger partial charge is 0.252 e. The van der Waals surface area contributed by atoms with Crippen LogP contribution in [0.1, 0.15) is 77.6 Å². The van der Waals surface area contributed by atoms with Gasteiger partial charge in [0.15, 0.2) is 0 Å². The molecule has 0 radical (unpaired) electrons. The molecule has 112 valence electrons. The summed E-state index contributed by atoms with van der Waals surface area (Å²) in [4.78, 5) is 4.55. The van der Waals surface area contributed by atoms with E-state index in [1.54, 1.807) is 0 Å². The van der Waals surface area contributed by atoms with Crippen molar-refractivity contribution in [2.24, 2.45) is 23.7 Å². The van der Waals surface area contributed by atoms with Crippen LogP contribution in [0.2, 0.25) is 0 Å². The molecule has 1 N–H and O–H groups in total. The average molecular weight is 268 g/mol. The summed E-state index contributed by atoms with van der Waals surface area (Å²) in [6.07, 6.45) is 15.3. The fourth-order valence-corrected chi connectivity index (χ4v) is 4.47. The second kappa shape index (κ2) is 8.26. The van der Waals surface area contributed by atoms with Gasteiger partial charge in [0, 0.05) is 0 Å². The molecule has 2 unspecified atom stereocenters. The maximum Gasteiger partial charge on any atom is 0.0850 e. The number of hydrogen-bond donors (Lipinski definition) is 1. The van der Waals surface area contributed by atoms with Crippen LogP contribution < -0.4 is 0 Å². The molecule has 2 heteroatoms. The molecule has 2 rings (SSSR count). The van der Waals surface area contributed by atoms with Crippen molar-refractivity contribution >= 4 is 0 Å². The third-order valence-electron chi connectivity index (χ3n) is 5.73. The van der Waals surface area contributed by atoms with Crippen molar-refractivity contribution in [3.05, 3.63) is 0 Å². The Morgan fingerprint density at radius 3 is 1.95 bits per heavy atom. The molecule has 2 saturated carbocycles. The van der Waals surface area contributed by atoms with Crippen molar-refractivity contribution in [3.8, 4) is 0 Å². The van der Waals surface area contributed by atoms with E-state index in [1.807, 2.05) is 0 Å². The van der Waals surface area contributed by atoms with Crippen molar-refractivity contribution in [1.29, 1.82) is 0 Å². The van der Waals surface area contributed by atoms with Gasteiger partial charge in [-0.1, -0.05) is 71.1 Å². The lowest BCUT2D eigenvalue weighted by molar-refractivity contribution is -0.255. The van der Waals surface area contributed by atoms with Gasteiger partial charge in [-0.3, -0.25) is 5.26 Å². The minimum Gasteiger partial charge on any atom is -0.252 e. The summed E-state index contributed by atoms with van der Waals surface area (Å²) in [5.74, 6) is 3.12. The van der Waals surface area contributed by atoms with Gasteiger partial charge in [-0.2, -0.15) is 0 Å². The first-order valence-corrected chi connectivity index (χ1v) is 8.57. The van der Waals surface area contributed by atoms with Crippen LogP contribution in [0.4, 0.5) is 0 Å². The van der Waals surface area contributed by atoms with Crippen LogP contribution in [0.5, 0.6) is 0 Å². The monoisotopic (exact) mass is 268 g/mol. The Morgan fingerprint density at radius 2 is 1.42 bits per heavy atom. The van der Waals surface area contributed by atoms with E-state index in [0.717, 1.165) is 17.8 Å². The van der Waals surface area contributed by atoms with Crippen molar-refractivity contribution in [1.82, 2.24) is 0 Å². The van der Waals surface area contributed by atoms with Gasteiger partial charge in [0.25, 0.3) is 0 Å². The van der Waals surface area contributed by atoms with Crippen LogP contribution in [0, 0.1) is 23.7 Å². The molecule has 0 spiro atoms. The van der Waals surface area contributed by atoms with Crippen molar-refractivity contribution < 1.29 is 10.1 Å². The van der Waals surface area contributed by atoms with Gasteiger partial charge in [0.1, 0.15) is 0 Å². The first-order chi connectivity index (χ1) is 9.31. The second-order valence-electron chi connectivity index (χ2n) is 7.07. The third-order valence-corrected chi connectivity index (χ3v) is 5.73. The lowest BCUT2D eigenvalue weighted by Crippen LogP contribution is -2.27. The van der Waals surface area contributed by atoms with E-state index in [1.165, 1.54) is 70.6 Å². The summed E-state index contributed by atoms with van der Waals surface area (Å²) in [7, 11) is 0. The summed E-state index contributed by atoms with van der Waals surface area (Å²) in [6.45, 7) is 2.99. The first kappa shape index (κ1) is 15.3. The molecule has 0 aliphatic heterocycles. The van der Waals surface area contributed by atoms with Crippen LogP contribution in [-0.4, -0.2) is 11.9 Å². The lowest BCUT2D eigenvalue weighted by atomic mass is 9.72. The Hall–Kier alpha value is -0.0800. The lowest BCUT2D eigenvalue weighted by Gasteiger charge is -2.34. The zero-order chi connectivity index (χ0) is 13.5. The molecule has 0 heterocycles. The van der Waals surface area contributed by atoms with Crippen LogP contribution in [-0.2, 0) is 4.89 Å². The second-order valence-corrected chi connectivity index (χ2v) is 7.07. The minimum absolute atomic E-state index is 0.557. The standard InChI is InChI=1S/C17H32O2/c1-14(15-8-4-2-5-9-15)12-17(13-19-18)16-10-6-3-7-11-16/h14-18H,2-13H2,1H3. The molecular formula is C17H32O2. The summed E-state index contributed by atoms with van der Waals surface area (Å²) < 4.78 is 0. The quantitative estimate of drug-likeness (QED) is 0.524. The molecule has 2 nitrogen and oxygen atoms in total. The van der Waals surface area contributed by atoms with E-state index in [2.05, 4.69) is 11.8 Å². The van der Waals surface area contributed by atoms with Crippen LogP contribution in [0.3, 0.4) is 0 Å². The Morgan fingerprint density at radius 1 is 0.895 bits per heavy atom. The highest BCUT2D eigenvalue weighted by atomic mass is 17.1. The van der Waals surface area contributed by atoms with Gasteiger partial charge in [0.05, 0.1) is 6.61 Å². The topological polar surface area (TPSA) is 29.5 Å². The Bertz CT molecular complexity index is 229. The van der Waals surface area contributed by atoms with Crippen LogP contribution in [0.15, 0.2) is 0 Å². The van der Waals surface area contributed by atoms with Gasteiger partial charge in [-0.25, -0.2) is 4.89 Å². The minimum atomic E-state index is 0.557. The molecule has 0 aromatic carbocycles. The zero-order valence-corrected chi connectivity index (χ0v) is 12.7. The van der Waals surface area contributed by atoms with Gasteiger partial charge >= 0.3 is 0 Å². The molecule has 2 aliphatic rings. The van der Waals surface area contributed by atoms with Crippen molar-refractivity contribution in [3.63, 3.8) is 0 Å². The van der Waals surface area contributed by atoms with Crippen LogP contribution in [0.25, 0.3) is 0 Å². The Labute approximate surface area is 118 Å². The third kappa shape index (κ3) is 4.75. The Balaban J connectivity index is 1.83. The van der Waals surface area contributed by atoms with Crippen LogP contribution >= 0.6 is 0 Å². The Kier molecular flexibility index (Phi) is 6.66. The molecule has 2 aliphatic carbocycles. The zero-order valence-electron chi connectivity index (χ0n) is 12.7. The van der Waals surface area contributed by atoms with Crippen molar-refractivity contribution in [2.45, 2.75) is 77.6 Å². The van der Waals surface area contributed by atoms with Gasteiger partial charge in [-0.15, -0.1) is 0 Å². The molecule has 0 aromatic rings. The number of hydrogen-bond acceptors (Lipinski definition) is 2. The smallest absolute Gasteiger partial charge is 0.0850 e. The van der Waals surface area contributed by atoms with Gasteiger partial charge < -0.3 is 0 Å². The molecule has 0 saturated heterocycles. The molecule has 2 atom stereocenters. The highest BCUT2D eigenvalue weighted by Gasteiger charge is 2.28. The van der Waals surface area contributed by atoms with E-state index >= 15 is 0 Å².